The zero-order valence-corrected chi connectivity index (χ0v) is 19.3. The average molecular weight is 466 g/mol. The van der Waals surface area contributed by atoms with Crippen molar-refractivity contribution >= 4 is 34.1 Å². The van der Waals surface area contributed by atoms with Gasteiger partial charge in [0.05, 0.1) is 23.0 Å². The second-order valence-electron chi connectivity index (χ2n) is 8.02. The summed E-state index contributed by atoms with van der Waals surface area (Å²) in [5.41, 5.74) is 4.13. The fraction of sp³-hybridized carbons (Fsp3) is 0.115. The van der Waals surface area contributed by atoms with E-state index in [0.29, 0.717) is 28.3 Å². The minimum atomic E-state index is -0.327. The minimum Gasteiger partial charge on any atom is -0.322 e. The van der Waals surface area contributed by atoms with Crippen molar-refractivity contribution in [1.29, 1.82) is 0 Å². The predicted molar refractivity (Wildman–Crippen MR) is 134 cm³/mol. The molecular formula is C26H23N7O2. The number of aromatic nitrogens is 5. The van der Waals surface area contributed by atoms with Crippen molar-refractivity contribution in [2.45, 2.75) is 13.5 Å². The van der Waals surface area contributed by atoms with Crippen LogP contribution in [0.15, 0.2) is 79.3 Å². The van der Waals surface area contributed by atoms with Gasteiger partial charge < -0.3 is 10.6 Å². The van der Waals surface area contributed by atoms with E-state index in [1.807, 2.05) is 42.1 Å². The van der Waals surface area contributed by atoms with Gasteiger partial charge in [0.2, 0.25) is 0 Å². The Hall–Kier alpha value is -4.79. The number of pyridine rings is 1. The fourth-order valence-corrected chi connectivity index (χ4v) is 3.78. The van der Waals surface area contributed by atoms with E-state index in [-0.39, 0.29) is 11.8 Å². The van der Waals surface area contributed by atoms with Crippen LogP contribution < -0.4 is 10.6 Å². The molecule has 3 aromatic heterocycles. The molecule has 5 rings (SSSR count). The van der Waals surface area contributed by atoms with Crippen molar-refractivity contribution in [3.05, 3.63) is 90.5 Å². The third-order valence-corrected chi connectivity index (χ3v) is 5.54. The van der Waals surface area contributed by atoms with E-state index in [4.69, 9.17) is 4.98 Å². The number of amides is 2. The first kappa shape index (κ1) is 22.0. The van der Waals surface area contributed by atoms with Crippen molar-refractivity contribution in [2.24, 2.45) is 7.05 Å². The quantitative estimate of drug-likeness (QED) is 0.388. The summed E-state index contributed by atoms with van der Waals surface area (Å²) in [4.78, 5) is 30.5. The summed E-state index contributed by atoms with van der Waals surface area (Å²) in [5, 5.41) is 14.9. The second-order valence-corrected chi connectivity index (χ2v) is 8.02. The standard InChI is InChI=1S/C26H23N7O2/c1-3-33-16-17(15-27-33)24-14-21(20-9-4-5-10-22(20)30-24)25(34)28-18-7-6-8-19(13-18)29-26(35)23-11-12-32(2)31-23/h4-16H,3H2,1-2H3,(H,28,34)(H,29,35). The monoisotopic (exact) mass is 465 g/mol. The van der Waals surface area contributed by atoms with Crippen LogP contribution >= 0.6 is 0 Å². The van der Waals surface area contributed by atoms with Crippen LogP contribution in [-0.4, -0.2) is 36.4 Å². The predicted octanol–water partition coefficient (Wildman–Crippen LogP) is 4.36. The maximum absolute atomic E-state index is 13.4. The Morgan fingerprint density at radius 2 is 1.71 bits per heavy atom. The number of carbonyl (C=O) groups is 2. The summed E-state index contributed by atoms with van der Waals surface area (Å²) in [6, 6.07) is 17.9. The van der Waals surface area contributed by atoms with Crippen LogP contribution in [0.3, 0.4) is 0 Å². The Morgan fingerprint density at radius 3 is 2.43 bits per heavy atom. The topological polar surface area (TPSA) is 107 Å². The molecule has 2 N–H and O–H groups in total. The van der Waals surface area contributed by atoms with E-state index >= 15 is 0 Å². The minimum absolute atomic E-state index is 0.277. The molecule has 0 fully saturated rings. The molecule has 9 nitrogen and oxygen atoms in total. The molecule has 0 aliphatic heterocycles. The number of anilines is 2. The van der Waals surface area contributed by atoms with Gasteiger partial charge in [-0.05, 0) is 43.3 Å². The molecule has 0 atom stereocenters. The summed E-state index contributed by atoms with van der Waals surface area (Å²) in [6.45, 7) is 2.75. The molecule has 2 amide bonds. The van der Waals surface area contributed by atoms with Gasteiger partial charge in [0.15, 0.2) is 5.69 Å². The van der Waals surface area contributed by atoms with E-state index in [1.165, 1.54) is 0 Å². The van der Waals surface area contributed by atoms with E-state index in [2.05, 4.69) is 20.8 Å². The van der Waals surface area contributed by atoms with Gasteiger partial charge in [0, 0.05) is 48.3 Å². The lowest BCUT2D eigenvalue weighted by Gasteiger charge is -2.11. The van der Waals surface area contributed by atoms with Crippen molar-refractivity contribution in [1.82, 2.24) is 24.5 Å². The van der Waals surface area contributed by atoms with E-state index in [0.717, 1.165) is 23.0 Å². The summed E-state index contributed by atoms with van der Waals surface area (Å²) in [6.07, 6.45) is 5.36. The van der Waals surface area contributed by atoms with Crippen molar-refractivity contribution in [3.63, 3.8) is 0 Å². The van der Waals surface area contributed by atoms with Crippen molar-refractivity contribution < 1.29 is 9.59 Å². The molecule has 0 spiro atoms. The molecule has 174 valence electrons. The third kappa shape index (κ3) is 4.65. The molecule has 0 unspecified atom stereocenters. The van der Waals surface area contributed by atoms with Gasteiger partial charge >= 0.3 is 0 Å². The number of carbonyl (C=O) groups excluding carboxylic acids is 2. The van der Waals surface area contributed by atoms with Crippen LogP contribution in [0.25, 0.3) is 22.2 Å². The maximum atomic E-state index is 13.4. The summed E-state index contributed by atoms with van der Waals surface area (Å²) >= 11 is 0. The van der Waals surface area contributed by atoms with Crippen LogP contribution in [0, 0.1) is 0 Å². The number of aryl methyl sites for hydroxylation is 2. The number of hydrogen-bond acceptors (Lipinski definition) is 5. The average Bonchev–Trinajstić information content (AvgIpc) is 3.53. The van der Waals surface area contributed by atoms with Crippen molar-refractivity contribution in [3.8, 4) is 11.3 Å². The number of nitrogens with zero attached hydrogens (tertiary/aromatic N) is 5. The normalized spacial score (nSPS) is 10.9. The largest absolute Gasteiger partial charge is 0.322 e. The molecule has 5 aromatic rings. The SMILES string of the molecule is CCn1cc(-c2cc(C(=O)Nc3cccc(NC(=O)c4ccn(C)n4)c3)c3ccccc3n2)cn1. The molecule has 9 heteroatoms. The lowest BCUT2D eigenvalue weighted by atomic mass is 10.0. The third-order valence-electron chi connectivity index (χ3n) is 5.54. The van der Waals surface area contributed by atoms with E-state index in [1.54, 1.807) is 60.5 Å². The highest BCUT2D eigenvalue weighted by atomic mass is 16.2. The zero-order valence-electron chi connectivity index (χ0n) is 19.3. The molecule has 35 heavy (non-hydrogen) atoms. The highest BCUT2D eigenvalue weighted by Crippen LogP contribution is 2.26. The van der Waals surface area contributed by atoms with E-state index < -0.39 is 0 Å². The van der Waals surface area contributed by atoms with Gasteiger partial charge in [-0.3, -0.25) is 19.0 Å². The molecule has 0 aliphatic carbocycles. The molecule has 0 radical (unpaired) electrons. The Balaban J connectivity index is 1.42. The summed E-state index contributed by atoms with van der Waals surface area (Å²) < 4.78 is 3.38. The van der Waals surface area contributed by atoms with Gasteiger partial charge in [0.25, 0.3) is 11.8 Å². The Kier molecular flexibility index (Phi) is 5.80. The van der Waals surface area contributed by atoms with Crippen LogP contribution in [0.2, 0.25) is 0 Å². The molecule has 0 bridgehead atoms. The maximum Gasteiger partial charge on any atom is 0.276 e. The van der Waals surface area contributed by atoms with E-state index in [9.17, 15) is 9.59 Å². The summed E-state index contributed by atoms with van der Waals surface area (Å²) in [5.74, 6) is -0.604. The first-order chi connectivity index (χ1) is 17.0. The van der Waals surface area contributed by atoms with Crippen LogP contribution in [0.4, 0.5) is 11.4 Å². The number of rotatable bonds is 6. The Labute approximate surface area is 201 Å². The van der Waals surface area contributed by atoms with Crippen molar-refractivity contribution in [2.75, 3.05) is 10.6 Å². The fourth-order valence-electron chi connectivity index (χ4n) is 3.78. The Morgan fingerprint density at radius 1 is 0.943 bits per heavy atom. The molecule has 3 heterocycles. The van der Waals surface area contributed by atoms with Crippen LogP contribution in [0.1, 0.15) is 27.8 Å². The highest BCUT2D eigenvalue weighted by molar-refractivity contribution is 6.13. The van der Waals surface area contributed by atoms with Gasteiger partial charge in [-0.25, -0.2) is 4.98 Å². The molecule has 0 saturated carbocycles. The van der Waals surface area contributed by atoms with Gasteiger partial charge in [-0.2, -0.15) is 10.2 Å². The lowest BCUT2D eigenvalue weighted by molar-refractivity contribution is 0.101. The number of benzene rings is 2. The molecule has 0 aliphatic rings. The highest BCUT2D eigenvalue weighted by Gasteiger charge is 2.16. The number of fused-ring (bicyclic) bond motifs is 1. The molecule has 0 saturated heterocycles. The lowest BCUT2D eigenvalue weighted by Crippen LogP contribution is -2.15. The van der Waals surface area contributed by atoms with Crippen LogP contribution in [-0.2, 0) is 13.6 Å². The number of nitrogens with one attached hydrogen (secondary N) is 2. The van der Waals surface area contributed by atoms with Gasteiger partial charge in [-0.15, -0.1) is 0 Å². The van der Waals surface area contributed by atoms with Gasteiger partial charge in [0.1, 0.15) is 0 Å². The number of hydrogen-bond donors (Lipinski definition) is 2. The van der Waals surface area contributed by atoms with Gasteiger partial charge in [-0.1, -0.05) is 24.3 Å². The second kappa shape index (κ2) is 9.22. The number of para-hydroxylation sites is 1. The molecule has 2 aromatic carbocycles. The zero-order chi connectivity index (χ0) is 24.4. The first-order valence-electron chi connectivity index (χ1n) is 11.1. The summed E-state index contributed by atoms with van der Waals surface area (Å²) in [7, 11) is 1.75. The first-order valence-corrected chi connectivity index (χ1v) is 11.1. The molecular weight excluding hydrogens is 442 g/mol. The Bertz CT molecular complexity index is 1550. The smallest absolute Gasteiger partial charge is 0.276 e. The van der Waals surface area contributed by atoms with Crippen LogP contribution in [0.5, 0.6) is 0 Å².